The molecule has 6 nitrogen and oxygen atoms in total. The van der Waals surface area contributed by atoms with E-state index in [0.29, 0.717) is 11.4 Å². The van der Waals surface area contributed by atoms with E-state index in [4.69, 9.17) is 9.72 Å². The number of benzene rings is 1. The molecule has 0 spiro atoms. The monoisotopic (exact) mass is 294 g/mol. The number of aromatic amines is 1. The average molecular weight is 294 g/mol. The maximum atomic E-state index is 11.4. The number of fused-ring (bicyclic) bond motifs is 2. The molecule has 110 valence electrons. The third-order valence-corrected chi connectivity index (χ3v) is 3.82. The molecule has 0 aliphatic carbocycles. The van der Waals surface area contributed by atoms with E-state index in [9.17, 15) is 4.79 Å². The van der Waals surface area contributed by atoms with E-state index in [0.717, 1.165) is 33.5 Å². The molecule has 6 heteroatoms. The van der Waals surface area contributed by atoms with Gasteiger partial charge in [0.1, 0.15) is 11.4 Å². The van der Waals surface area contributed by atoms with Gasteiger partial charge in [-0.15, -0.1) is 0 Å². The predicted molar refractivity (Wildman–Crippen MR) is 82.9 cm³/mol. The van der Waals surface area contributed by atoms with Crippen molar-refractivity contribution < 1.29 is 9.53 Å². The highest BCUT2D eigenvalue weighted by Gasteiger charge is 2.18. The number of anilines is 1. The first-order valence-electron chi connectivity index (χ1n) is 7.00. The molecule has 22 heavy (non-hydrogen) atoms. The van der Waals surface area contributed by atoms with Crippen LogP contribution in [0.25, 0.3) is 22.3 Å². The molecule has 0 fully saturated rings. The maximum Gasteiger partial charge on any atom is 0.262 e. The van der Waals surface area contributed by atoms with Gasteiger partial charge in [-0.2, -0.15) is 0 Å². The molecule has 0 bridgehead atoms. The molecule has 3 heterocycles. The number of H-pyrrole nitrogens is 1. The van der Waals surface area contributed by atoms with Gasteiger partial charge in [-0.25, -0.2) is 9.97 Å². The van der Waals surface area contributed by atoms with Crippen molar-refractivity contribution in [3.8, 4) is 17.1 Å². The van der Waals surface area contributed by atoms with Crippen molar-refractivity contribution in [2.75, 3.05) is 11.9 Å². The number of aromatic nitrogens is 3. The minimum atomic E-state index is -0.138. The van der Waals surface area contributed by atoms with Gasteiger partial charge in [-0.1, -0.05) is 0 Å². The van der Waals surface area contributed by atoms with E-state index in [-0.39, 0.29) is 12.5 Å². The van der Waals surface area contributed by atoms with Gasteiger partial charge in [0, 0.05) is 17.1 Å². The number of rotatable bonds is 1. The fourth-order valence-corrected chi connectivity index (χ4v) is 2.71. The molecular formula is C16H14N4O2. The van der Waals surface area contributed by atoms with Crippen LogP contribution in [0.5, 0.6) is 5.75 Å². The van der Waals surface area contributed by atoms with Crippen molar-refractivity contribution in [3.05, 3.63) is 35.8 Å². The Labute approximate surface area is 126 Å². The van der Waals surface area contributed by atoms with Gasteiger partial charge in [0.2, 0.25) is 0 Å². The number of amides is 1. The fourth-order valence-electron chi connectivity index (χ4n) is 2.71. The molecular weight excluding hydrogens is 280 g/mol. The van der Waals surface area contributed by atoms with Gasteiger partial charge in [0.25, 0.3) is 5.91 Å². The first-order chi connectivity index (χ1) is 10.6. The molecule has 1 aliphatic rings. The van der Waals surface area contributed by atoms with Crippen LogP contribution in [0.4, 0.5) is 5.69 Å². The summed E-state index contributed by atoms with van der Waals surface area (Å²) in [6.45, 7) is 4.03. The van der Waals surface area contributed by atoms with Crippen LogP contribution in [0.3, 0.4) is 0 Å². The second-order valence-corrected chi connectivity index (χ2v) is 5.40. The van der Waals surface area contributed by atoms with E-state index in [2.05, 4.69) is 15.3 Å². The van der Waals surface area contributed by atoms with Crippen molar-refractivity contribution in [2.45, 2.75) is 13.8 Å². The zero-order valence-corrected chi connectivity index (χ0v) is 12.2. The minimum Gasteiger partial charge on any atom is -0.482 e. The Balaban J connectivity index is 1.93. The molecule has 0 unspecified atom stereocenters. The molecule has 0 saturated carbocycles. The van der Waals surface area contributed by atoms with Gasteiger partial charge in [0.15, 0.2) is 6.61 Å². The number of pyridine rings is 1. The molecule has 4 rings (SSSR count). The zero-order chi connectivity index (χ0) is 15.3. The Morgan fingerprint density at radius 2 is 2.09 bits per heavy atom. The highest BCUT2D eigenvalue weighted by atomic mass is 16.5. The lowest BCUT2D eigenvalue weighted by atomic mass is 10.1. The first-order valence-corrected chi connectivity index (χ1v) is 7.00. The van der Waals surface area contributed by atoms with Crippen LogP contribution in [-0.2, 0) is 4.79 Å². The van der Waals surface area contributed by atoms with E-state index in [1.165, 1.54) is 0 Å². The van der Waals surface area contributed by atoms with Crippen molar-refractivity contribution >= 4 is 22.5 Å². The second kappa shape index (κ2) is 4.56. The fraction of sp³-hybridized carbons (Fsp3) is 0.188. The second-order valence-electron chi connectivity index (χ2n) is 5.40. The van der Waals surface area contributed by atoms with Gasteiger partial charge >= 0.3 is 0 Å². The number of aryl methyl sites for hydroxylation is 2. The van der Waals surface area contributed by atoms with Crippen molar-refractivity contribution in [3.63, 3.8) is 0 Å². The molecule has 0 radical (unpaired) electrons. The molecule has 1 aromatic carbocycles. The number of nitrogens with one attached hydrogen (secondary N) is 2. The summed E-state index contributed by atoms with van der Waals surface area (Å²) < 4.78 is 5.46. The Hall–Kier alpha value is -2.89. The Morgan fingerprint density at radius 1 is 1.23 bits per heavy atom. The van der Waals surface area contributed by atoms with Crippen molar-refractivity contribution in [2.24, 2.45) is 0 Å². The minimum absolute atomic E-state index is 0.0374. The Bertz CT molecular complexity index is 914. The summed E-state index contributed by atoms with van der Waals surface area (Å²) >= 11 is 0. The quantitative estimate of drug-likeness (QED) is 0.723. The van der Waals surface area contributed by atoms with Crippen molar-refractivity contribution in [1.29, 1.82) is 0 Å². The summed E-state index contributed by atoms with van der Waals surface area (Å²) in [5.41, 5.74) is 5.24. The number of nitrogens with zero attached hydrogens (tertiary/aromatic N) is 2. The van der Waals surface area contributed by atoms with Crippen LogP contribution in [0.15, 0.2) is 24.5 Å². The average Bonchev–Trinajstić information content (AvgIpc) is 2.92. The summed E-state index contributed by atoms with van der Waals surface area (Å²) in [6.07, 6.45) is 1.66. The highest BCUT2D eigenvalue weighted by Crippen LogP contribution is 2.34. The van der Waals surface area contributed by atoms with Crippen LogP contribution in [0.2, 0.25) is 0 Å². The van der Waals surface area contributed by atoms with E-state index < -0.39 is 0 Å². The topological polar surface area (TPSA) is 79.9 Å². The standard InChI is InChI=1S/C16H14N4O2/c1-8-3-13(16-9(2)17-7-18-16)19-11-5-14-12(4-10(8)11)20-15(21)6-22-14/h3-5,7H,6H2,1-2H3,(H,17,18)(H,20,21). The van der Waals surface area contributed by atoms with Gasteiger partial charge < -0.3 is 15.0 Å². The van der Waals surface area contributed by atoms with Gasteiger partial charge in [0.05, 0.1) is 23.2 Å². The third-order valence-electron chi connectivity index (χ3n) is 3.82. The van der Waals surface area contributed by atoms with Gasteiger partial charge in [-0.3, -0.25) is 4.79 Å². The summed E-state index contributed by atoms with van der Waals surface area (Å²) in [6, 6.07) is 5.78. The maximum absolute atomic E-state index is 11.4. The van der Waals surface area contributed by atoms with Crippen LogP contribution in [-0.4, -0.2) is 27.5 Å². The number of carbonyl (C=O) groups is 1. The van der Waals surface area contributed by atoms with E-state index in [1.54, 1.807) is 6.33 Å². The van der Waals surface area contributed by atoms with Gasteiger partial charge in [-0.05, 0) is 31.5 Å². The Morgan fingerprint density at radius 3 is 2.86 bits per heavy atom. The SMILES string of the molecule is Cc1[nH]cnc1-c1cc(C)c2cc3c(cc2n1)OCC(=O)N3. The highest BCUT2D eigenvalue weighted by molar-refractivity contribution is 5.99. The van der Waals surface area contributed by atoms with E-state index >= 15 is 0 Å². The van der Waals surface area contributed by atoms with Crippen LogP contribution in [0, 0.1) is 13.8 Å². The molecule has 1 aliphatic heterocycles. The number of carbonyl (C=O) groups excluding carboxylic acids is 1. The largest absolute Gasteiger partial charge is 0.482 e. The number of hydrogen-bond donors (Lipinski definition) is 2. The lowest BCUT2D eigenvalue weighted by Gasteiger charge is -2.19. The Kier molecular flexibility index (Phi) is 2.66. The number of imidazole rings is 1. The van der Waals surface area contributed by atoms with E-state index in [1.807, 2.05) is 32.0 Å². The molecule has 1 amide bonds. The van der Waals surface area contributed by atoms with Crippen molar-refractivity contribution in [1.82, 2.24) is 15.0 Å². The number of ether oxygens (including phenoxy) is 1. The summed E-state index contributed by atoms with van der Waals surface area (Å²) in [7, 11) is 0. The predicted octanol–water partition coefficient (Wildman–Crippen LogP) is 2.57. The molecule has 0 saturated heterocycles. The van der Waals surface area contributed by atoms with Crippen LogP contribution < -0.4 is 10.1 Å². The summed E-state index contributed by atoms with van der Waals surface area (Å²) in [5, 5.41) is 3.81. The lowest BCUT2D eigenvalue weighted by molar-refractivity contribution is -0.118. The summed E-state index contributed by atoms with van der Waals surface area (Å²) in [4.78, 5) is 23.5. The molecule has 2 aromatic heterocycles. The van der Waals surface area contributed by atoms with Crippen LogP contribution >= 0.6 is 0 Å². The smallest absolute Gasteiger partial charge is 0.262 e. The molecule has 0 atom stereocenters. The van der Waals surface area contributed by atoms with Crippen LogP contribution in [0.1, 0.15) is 11.3 Å². The third kappa shape index (κ3) is 1.92. The summed E-state index contributed by atoms with van der Waals surface area (Å²) in [5.74, 6) is 0.510. The lowest BCUT2D eigenvalue weighted by Crippen LogP contribution is -2.25. The zero-order valence-electron chi connectivity index (χ0n) is 12.2. The molecule has 3 aromatic rings. The normalized spacial score (nSPS) is 13.6. The number of hydrogen-bond acceptors (Lipinski definition) is 4. The first kappa shape index (κ1) is 12.8. The molecule has 2 N–H and O–H groups in total.